The Morgan fingerprint density at radius 3 is 2.72 bits per heavy atom. The zero-order valence-electron chi connectivity index (χ0n) is 13.8. The molecule has 1 saturated heterocycles. The second-order valence-corrected chi connectivity index (χ2v) is 6.42. The van der Waals surface area contributed by atoms with Gasteiger partial charge in [0.1, 0.15) is 35.0 Å². The van der Waals surface area contributed by atoms with Crippen LogP contribution in [-0.4, -0.2) is 33.5 Å². The first-order chi connectivity index (χ1) is 12.0. The molecule has 9 heteroatoms. The van der Waals surface area contributed by atoms with E-state index in [0.29, 0.717) is 35.9 Å². The van der Waals surface area contributed by atoms with E-state index in [1.54, 1.807) is 16.7 Å². The van der Waals surface area contributed by atoms with Crippen LogP contribution in [0.4, 0.5) is 17.3 Å². The third-order valence-corrected chi connectivity index (χ3v) is 4.76. The van der Waals surface area contributed by atoms with Gasteiger partial charge < -0.3 is 21.7 Å². The number of aryl methyl sites for hydroxylation is 1. The van der Waals surface area contributed by atoms with Gasteiger partial charge >= 0.3 is 0 Å². The number of hydrogen-bond donors (Lipinski definition) is 4. The number of carbonyl (C=O) groups excluding carboxylic acids is 1. The first-order valence-electron chi connectivity index (χ1n) is 8.15. The topological polar surface area (TPSA) is 127 Å². The first-order valence-corrected chi connectivity index (χ1v) is 8.15. The van der Waals surface area contributed by atoms with Crippen molar-refractivity contribution in [3.63, 3.8) is 0 Å². The van der Waals surface area contributed by atoms with Crippen molar-refractivity contribution in [2.75, 3.05) is 24.1 Å². The summed E-state index contributed by atoms with van der Waals surface area (Å²) < 4.78 is 1.61. The van der Waals surface area contributed by atoms with Crippen LogP contribution in [0.5, 0.6) is 0 Å². The normalized spacial score (nSPS) is 18.0. The molecule has 2 aliphatic rings. The van der Waals surface area contributed by atoms with Gasteiger partial charge in [0.15, 0.2) is 0 Å². The summed E-state index contributed by atoms with van der Waals surface area (Å²) in [5, 5.41) is 9.29. The van der Waals surface area contributed by atoms with Gasteiger partial charge in [-0.1, -0.05) is 0 Å². The summed E-state index contributed by atoms with van der Waals surface area (Å²) in [6, 6.07) is 3.22. The number of nitrogen functional groups attached to an aromatic ring is 1. The van der Waals surface area contributed by atoms with Crippen LogP contribution >= 0.6 is 0 Å². The molecule has 4 rings (SSSR count). The van der Waals surface area contributed by atoms with Gasteiger partial charge in [-0.25, -0.2) is 9.97 Å². The van der Waals surface area contributed by atoms with Gasteiger partial charge in [0, 0.05) is 18.9 Å². The summed E-state index contributed by atoms with van der Waals surface area (Å²) in [7, 11) is 0. The van der Waals surface area contributed by atoms with Crippen molar-refractivity contribution in [3.05, 3.63) is 40.1 Å². The minimum Gasteiger partial charge on any atom is -0.384 e. The highest BCUT2D eigenvalue weighted by Crippen LogP contribution is 2.32. The number of carbonyl (C=O) groups is 1. The van der Waals surface area contributed by atoms with E-state index in [-0.39, 0.29) is 11.5 Å². The highest BCUT2D eigenvalue weighted by Gasteiger charge is 2.45. The Hall–Kier alpha value is -2.94. The number of pyridine rings is 1. The minimum absolute atomic E-state index is 0.200. The summed E-state index contributed by atoms with van der Waals surface area (Å²) in [5.74, 6) is 0.540. The molecule has 0 atom stereocenters. The van der Waals surface area contributed by atoms with E-state index in [1.807, 2.05) is 6.92 Å². The van der Waals surface area contributed by atoms with E-state index < -0.39 is 5.66 Å². The molecule has 0 aromatic carbocycles. The van der Waals surface area contributed by atoms with Crippen LogP contribution in [0.2, 0.25) is 0 Å². The van der Waals surface area contributed by atoms with Crippen LogP contribution in [0.15, 0.2) is 23.3 Å². The fourth-order valence-electron chi connectivity index (χ4n) is 3.62. The first kappa shape index (κ1) is 15.6. The summed E-state index contributed by atoms with van der Waals surface area (Å²) in [6.45, 7) is 3.31. The van der Waals surface area contributed by atoms with Crippen molar-refractivity contribution in [1.29, 1.82) is 0 Å². The smallest absolute Gasteiger partial charge is 0.276 e. The van der Waals surface area contributed by atoms with Crippen molar-refractivity contribution < 1.29 is 4.79 Å². The second-order valence-electron chi connectivity index (χ2n) is 6.42. The fourth-order valence-corrected chi connectivity index (χ4v) is 3.62. The second kappa shape index (κ2) is 5.55. The largest absolute Gasteiger partial charge is 0.384 e. The van der Waals surface area contributed by atoms with Crippen molar-refractivity contribution in [2.24, 2.45) is 0 Å². The summed E-state index contributed by atoms with van der Waals surface area (Å²) >= 11 is 0. The molecule has 2 aromatic rings. The van der Waals surface area contributed by atoms with Crippen molar-refractivity contribution in [2.45, 2.75) is 25.4 Å². The number of hydrogen-bond acceptors (Lipinski definition) is 7. The van der Waals surface area contributed by atoms with Gasteiger partial charge in [-0.15, -0.1) is 0 Å². The van der Waals surface area contributed by atoms with Crippen LogP contribution in [0.25, 0.3) is 0 Å². The zero-order chi connectivity index (χ0) is 17.6. The van der Waals surface area contributed by atoms with E-state index in [1.165, 1.54) is 6.33 Å². The molecule has 130 valence electrons. The Labute approximate surface area is 143 Å². The molecule has 0 aliphatic carbocycles. The van der Waals surface area contributed by atoms with Crippen LogP contribution in [0, 0.1) is 6.92 Å². The van der Waals surface area contributed by atoms with Crippen LogP contribution in [-0.2, 0) is 5.66 Å². The molecule has 0 radical (unpaired) electrons. The molecular weight excluding hydrogens is 322 g/mol. The number of nitrogens with zero attached hydrogens (tertiary/aromatic N) is 3. The standard InChI is InChI=1S/C16H19N7O2/c1-9-6-10(21-12-7-11(17)19-8-20-12)15(25)23-13(9)14(24)22-16(23)2-4-18-5-3-16/h6-8,18H,2-5H2,1H3,(H,22,24)(H3,17,19,20,21). The molecule has 1 fully saturated rings. The molecule has 0 unspecified atom stereocenters. The van der Waals surface area contributed by atoms with Gasteiger partial charge in [-0.2, -0.15) is 0 Å². The molecule has 0 bridgehead atoms. The molecule has 2 aromatic heterocycles. The van der Waals surface area contributed by atoms with Crippen LogP contribution in [0.1, 0.15) is 28.9 Å². The Morgan fingerprint density at radius 2 is 2.00 bits per heavy atom. The Bertz CT molecular complexity index is 915. The predicted octanol–water partition coefficient (Wildman–Crippen LogP) is 0.0521. The highest BCUT2D eigenvalue weighted by atomic mass is 16.2. The molecule has 1 amide bonds. The maximum atomic E-state index is 13.1. The average Bonchev–Trinajstić information content (AvgIpc) is 2.85. The van der Waals surface area contributed by atoms with E-state index >= 15 is 0 Å². The lowest BCUT2D eigenvalue weighted by Crippen LogP contribution is -2.53. The van der Waals surface area contributed by atoms with E-state index in [9.17, 15) is 9.59 Å². The van der Waals surface area contributed by atoms with Gasteiger partial charge in [-0.3, -0.25) is 14.2 Å². The number of fused-ring (bicyclic) bond motifs is 2. The Kier molecular flexibility index (Phi) is 3.46. The number of amides is 1. The summed E-state index contributed by atoms with van der Waals surface area (Å²) in [6.07, 6.45) is 2.65. The predicted molar refractivity (Wildman–Crippen MR) is 92.7 cm³/mol. The quantitative estimate of drug-likeness (QED) is 0.608. The summed E-state index contributed by atoms with van der Waals surface area (Å²) in [5.41, 5.74) is 6.27. The Morgan fingerprint density at radius 1 is 1.24 bits per heavy atom. The lowest BCUT2D eigenvalue weighted by molar-refractivity contribution is 0.0886. The Balaban J connectivity index is 1.84. The lowest BCUT2D eigenvalue weighted by atomic mass is 9.98. The maximum Gasteiger partial charge on any atom is 0.276 e. The molecule has 5 N–H and O–H groups in total. The van der Waals surface area contributed by atoms with E-state index in [4.69, 9.17) is 5.73 Å². The molecule has 25 heavy (non-hydrogen) atoms. The third kappa shape index (κ3) is 2.43. The molecule has 9 nitrogen and oxygen atoms in total. The summed E-state index contributed by atoms with van der Waals surface area (Å²) in [4.78, 5) is 33.5. The number of rotatable bonds is 2. The maximum absolute atomic E-state index is 13.1. The number of anilines is 3. The van der Waals surface area contributed by atoms with E-state index in [0.717, 1.165) is 18.7 Å². The minimum atomic E-state index is -0.665. The third-order valence-electron chi connectivity index (χ3n) is 4.76. The molecule has 2 aliphatic heterocycles. The number of aromatic nitrogens is 3. The molecule has 0 saturated carbocycles. The van der Waals surface area contributed by atoms with Gasteiger partial charge in [-0.05, 0) is 31.6 Å². The average molecular weight is 341 g/mol. The molecular formula is C16H19N7O2. The van der Waals surface area contributed by atoms with Crippen molar-refractivity contribution in [1.82, 2.24) is 25.2 Å². The van der Waals surface area contributed by atoms with Gasteiger partial charge in [0.2, 0.25) is 0 Å². The van der Waals surface area contributed by atoms with E-state index in [2.05, 4.69) is 25.9 Å². The van der Waals surface area contributed by atoms with Crippen molar-refractivity contribution in [3.8, 4) is 0 Å². The van der Waals surface area contributed by atoms with Crippen molar-refractivity contribution >= 4 is 23.2 Å². The highest BCUT2D eigenvalue weighted by molar-refractivity contribution is 5.97. The molecule has 4 heterocycles. The number of piperidine rings is 1. The number of nitrogens with two attached hydrogens (primary N) is 1. The lowest BCUT2D eigenvalue weighted by Gasteiger charge is -2.35. The fraction of sp³-hybridized carbons (Fsp3) is 0.375. The van der Waals surface area contributed by atoms with Gasteiger partial charge in [0.25, 0.3) is 11.5 Å². The SMILES string of the molecule is Cc1cc(Nc2cc(N)ncn2)c(=O)n2c1C(=O)NC21CCNCC1. The van der Waals surface area contributed by atoms with Crippen LogP contribution in [0.3, 0.4) is 0 Å². The van der Waals surface area contributed by atoms with Gasteiger partial charge in [0.05, 0.1) is 0 Å². The number of nitrogens with one attached hydrogen (secondary N) is 3. The zero-order valence-corrected chi connectivity index (χ0v) is 13.8. The van der Waals surface area contributed by atoms with Crippen LogP contribution < -0.4 is 27.2 Å². The molecule has 1 spiro atoms. The monoisotopic (exact) mass is 341 g/mol.